The molecule has 24 heavy (non-hydrogen) atoms. The summed E-state index contributed by atoms with van der Waals surface area (Å²) in [6.07, 6.45) is 0.977. The monoisotopic (exact) mass is 332 g/mol. The molecule has 0 bridgehead atoms. The maximum absolute atomic E-state index is 12.5. The van der Waals surface area contributed by atoms with Crippen LogP contribution < -0.4 is 10.1 Å². The molecule has 3 amide bonds. The molecule has 1 aliphatic carbocycles. The predicted molar refractivity (Wildman–Crippen MR) is 88.8 cm³/mol. The third-order valence-corrected chi connectivity index (χ3v) is 4.86. The van der Waals surface area contributed by atoms with E-state index >= 15 is 0 Å². The number of urea groups is 1. The van der Waals surface area contributed by atoms with Gasteiger partial charge in [-0.3, -0.25) is 9.69 Å². The predicted octanol–water partition coefficient (Wildman–Crippen LogP) is 1.76. The van der Waals surface area contributed by atoms with Crippen LogP contribution in [0, 0.1) is 19.8 Å². The lowest BCUT2D eigenvalue weighted by Crippen LogP contribution is -2.46. The number of aryl methyl sites for hydroxylation is 2. The van der Waals surface area contributed by atoms with Crippen molar-refractivity contribution in [3.05, 3.63) is 29.3 Å². The number of carbonyl (C=O) groups excluding carboxylic acids is 2. The molecule has 0 spiro atoms. The van der Waals surface area contributed by atoms with Gasteiger partial charge in [0.05, 0.1) is 6.54 Å². The van der Waals surface area contributed by atoms with Crippen molar-refractivity contribution in [1.82, 2.24) is 10.2 Å². The van der Waals surface area contributed by atoms with Crippen LogP contribution >= 0.6 is 0 Å². The summed E-state index contributed by atoms with van der Waals surface area (Å²) < 4.78 is 5.65. The highest BCUT2D eigenvalue weighted by atomic mass is 16.5. The van der Waals surface area contributed by atoms with Crippen LogP contribution in [0.1, 0.15) is 30.9 Å². The highest BCUT2D eigenvalue weighted by Gasteiger charge is 2.56. The van der Waals surface area contributed by atoms with Gasteiger partial charge < -0.3 is 15.2 Å². The molecule has 0 unspecified atom stereocenters. The van der Waals surface area contributed by atoms with Gasteiger partial charge in [-0.1, -0.05) is 12.1 Å². The second-order valence-corrected chi connectivity index (χ2v) is 7.06. The van der Waals surface area contributed by atoms with Crippen molar-refractivity contribution >= 4 is 11.9 Å². The van der Waals surface area contributed by atoms with E-state index in [2.05, 4.69) is 5.32 Å². The zero-order valence-electron chi connectivity index (χ0n) is 14.3. The average Bonchev–Trinajstić information content (AvgIpc) is 3.34. The van der Waals surface area contributed by atoms with E-state index in [0.29, 0.717) is 5.75 Å². The fourth-order valence-corrected chi connectivity index (χ4v) is 3.13. The first kappa shape index (κ1) is 16.8. The van der Waals surface area contributed by atoms with E-state index in [1.54, 1.807) is 6.92 Å². The van der Waals surface area contributed by atoms with Crippen molar-refractivity contribution in [2.75, 3.05) is 13.2 Å². The first-order chi connectivity index (χ1) is 11.3. The Kier molecular flexibility index (Phi) is 4.25. The number of aliphatic hydroxyl groups is 1. The molecule has 2 atom stereocenters. The molecule has 0 radical (unpaired) electrons. The van der Waals surface area contributed by atoms with Gasteiger partial charge in [0.25, 0.3) is 5.91 Å². The molecule has 1 saturated heterocycles. The average molecular weight is 332 g/mol. The Morgan fingerprint density at radius 3 is 2.75 bits per heavy atom. The fraction of sp³-hybridized carbons (Fsp3) is 0.556. The number of β-amino-alcohol motifs (C(OH)–C–C–N with tert-alkyl or cyclic N) is 1. The number of amides is 3. The third kappa shape index (κ3) is 3.11. The molecule has 130 valence electrons. The first-order valence-electron chi connectivity index (χ1n) is 8.33. The van der Waals surface area contributed by atoms with Gasteiger partial charge in [-0.05, 0) is 56.7 Å². The number of hydrogen-bond donors (Lipinski definition) is 2. The van der Waals surface area contributed by atoms with E-state index in [0.717, 1.165) is 28.9 Å². The summed E-state index contributed by atoms with van der Waals surface area (Å²) in [5, 5.41) is 13.0. The number of imide groups is 1. The minimum atomic E-state index is -0.929. The van der Waals surface area contributed by atoms with Crippen LogP contribution in [-0.4, -0.2) is 46.7 Å². The molecule has 2 aliphatic rings. The Hall–Kier alpha value is -2.08. The minimum absolute atomic E-state index is 0.0293. The van der Waals surface area contributed by atoms with E-state index in [-0.39, 0.29) is 25.0 Å². The van der Waals surface area contributed by atoms with Gasteiger partial charge in [0, 0.05) is 0 Å². The van der Waals surface area contributed by atoms with E-state index in [4.69, 9.17) is 4.74 Å². The van der Waals surface area contributed by atoms with Gasteiger partial charge in [0.15, 0.2) is 0 Å². The van der Waals surface area contributed by atoms with Gasteiger partial charge in [-0.25, -0.2) is 4.79 Å². The van der Waals surface area contributed by atoms with Gasteiger partial charge in [-0.2, -0.15) is 0 Å². The normalized spacial score (nSPS) is 24.9. The van der Waals surface area contributed by atoms with E-state index in [1.807, 2.05) is 32.0 Å². The highest BCUT2D eigenvalue weighted by Crippen LogP contribution is 2.42. The Morgan fingerprint density at radius 1 is 1.38 bits per heavy atom. The van der Waals surface area contributed by atoms with Crippen LogP contribution in [0.4, 0.5) is 4.79 Å². The Morgan fingerprint density at radius 2 is 2.08 bits per heavy atom. The topological polar surface area (TPSA) is 78.9 Å². The maximum atomic E-state index is 12.5. The molecule has 2 fully saturated rings. The number of benzene rings is 1. The molecule has 1 heterocycles. The quantitative estimate of drug-likeness (QED) is 0.778. The molecule has 3 rings (SSSR count). The van der Waals surface area contributed by atoms with Crippen LogP contribution in [0.2, 0.25) is 0 Å². The number of carbonyl (C=O) groups is 2. The molecule has 2 N–H and O–H groups in total. The number of hydrogen-bond acceptors (Lipinski definition) is 4. The summed E-state index contributed by atoms with van der Waals surface area (Å²) in [6, 6.07) is 5.42. The zero-order valence-corrected chi connectivity index (χ0v) is 14.3. The number of nitrogens with one attached hydrogen (secondary N) is 1. The van der Waals surface area contributed by atoms with Crippen molar-refractivity contribution in [2.24, 2.45) is 5.92 Å². The SMILES string of the molecule is Cc1ccc(C)c(OC[C@@H](O)CN2C(=O)N[C@](C)(C3CC3)C2=O)c1. The fourth-order valence-electron chi connectivity index (χ4n) is 3.13. The largest absolute Gasteiger partial charge is 0.491 e. The lowest BCUT2D eigenvalue weighted by Gasteiger charge is -2.22. The van der Waals surface area contributed by atoms with Crippen molar-refractivity contribution in [2.45, 2.75) is 45.3 Å². The lowest BCUT2D eigenvalue weighted by atomic mass is 9.96. The van der Waals surface area contributed by atoms with E-state index in [9.17, 15) is 14.7 Å². The molecule has 1 saturated carbocycles. The summed E-state index contributed by atoms with van der Waals surface area (Å²) in [5.41, 5.74) is 1.23. The van der Waals surface area contributed by atoms with Crippen molar-refractivity contribution in [3.8, 4) is 5.75 Å². The second kappa shape index (κ2) is 6.09. The van der Waals surface area contributed by atoms with Crippen LogP contribution in [0.3, 0.4) is 0 Å². The molecule has 0 aromatic heterocycles. The molecule has 1 aromatic carbocycles. The smallest absolute Gasteiger partial charge is 0.325 e. The molecular weight excluding hydrogens is 308 g/mol. The number of ether oxygens (including phenoxy) is 1. The Bertz CT molecular complexity index is 671. The standard InChI is InChI=1S/C18H24N2O4/c1-11-4-5-12(2)15(8-11)24-10-14(21)9-20-16(22)18(3,13-6-7-13)19-17(20)23/h4-5,8,13-14,21H,6-7,9-10H2,1-3H3,(H,19,23)/t14-,18+/m0/s1. The molecule has 6 nitrogen and oxygen atoms in total. The van der Waals surface area contributed by atoms with Crippen LogP contribution in [0.5, 0.6) is 5.75 Å². The van der Waals surface area contributed by atoms with Gasteiger partial charge in [-0.15, -0.1) is 0 Å². The Balaban J connectivity index is 1.58. The summed E-state index contributed by atoms with van der Waals surface area (Å²) >= 11 is 0. The van der Waals surface area contributed by atoms with Crippen molar-refractivity contribution < 1.29 is 19.4 Å². The number of rotatable bonds is 6. The van der Waals surface area contributed by atoms with Crippen LogP contribution in [-0.2, 0) is 4.79 Å². The number of aliphatic hydroxyl groups excluding tert-OH is 1. The minimum Gasteiger partial charge on any atom is -0.491 e. The summed E-state index contributed by atoms with van der Waals surface area (Å²) in [7, 11) is 0. The lowest BCUT2D eigenvalue weighted by molar-refractivity contribution is -0.132. The molecule has 1 aromatic rings. The number of nitrogens with zero attached hydrogens (tertiary/aromatic N) is 1. The Labute approximate surface area is 141 Å². The summed E-state index contributed by atoms with van der Waals surface area (Å²) in [5.74, 6) is 0.664. The van der Waals surface area contributed by atoms with Crippen LogP contribution in [0.15, 0.2) is 18.2 Å². The van der Waals surface area contributed by atoms with Crippen LogP contribution in [0.25, 0.3) is 0 Å². The van der Waals surface area contributed by atoms with Crippen molar-refractivity contribution in [1.29, 1.82) is 0 Å². The molecule has 6 heteroatoms. The molecular formula is C18H24N2O4. The summed E-state index contributed by atoms with van der Waals surface area (Å²) in [6.45, 7) is 5.64. The van der Waals surface area contributed by atoms with E-state index < -0.39 is 17.7 Å². The second-order valence-electron chi connectivity index (χ2n) is 7.06. The molecule has 1 aliphatic heterocycles. The van der Waals surface area contributed by atoms with Crippen molar-refractivity contribution in [3.63, 3.8) is 0 Å². The van der Waals surface area contributed by atoms with Gasteiger partial charge >= 0.3 is 6.03 Å². The van der Waals surface area contributed by atoms with Gasteiger partial charge in [0.1, 0.15) is 24.0 Å². The van der Waals surface area contributed by atoms with E-state index in [1.165, 1.54) is 0 Å². The first-order valence-corrected chi connectivity index (χ1v) is 8.33. The van der Waals surface area contributed by atoms with Gasteiger partial charge in [0.2, 0.25) is 0 Å². The maximum Gasteiger partial charge on any atom is 0.325 e. The third-order valence-electron chi connectivity index (χ3n) is 4.86. The summed E-state index contributed by atoms with van der Waals surface area (Å²) in [4.78, 5) is 25.7. The zero-order chi connectivity index (χ0) is 17.5. The highest BCUT2D eigenvalue weighted by molar-refractivity contribution is 6.07.